The molecule has 0 radical (unpaired) electrons. The van der Waals surface area contributed by atoms with Gasteiger partial charge in [-0.2, -0.15) is 0 Å². The molecule has 2 rings (SSSR count). The maximum Gasteiger partial charge on any atom is 0.119 e. The second kappa shape index (κ2) is 8.05. The average molecular weight is 318 g/mol. The maximum absolute atomic E-state index is 11.5. The van der Waals surface area contributed by atoms with Gasteiger partial charge in [0, 0.05) is 6.26 Å². The van der Waals surface area contributed by atoms with Crippen LogP contribution in [0.3, 0.4) is 0 Å². The van der Waals surface area contributed by atoms with Crippen LogP contribution in [0.4, 0.5) is 0 Å². The summed E-state index contributed by atoms with van der Waals surface area (Å²) in [7, 11) is -0.945. The Kier molecular flexibility index (Phi) is 6.08. The van der Waals surface area contributed by atoms with E-state index in [1.54, 1.807) is 6.26 Å². The summed E-state index contributed by atoms with van der Waals surface area (Å²) in [5.41, 5.74) is 2.18. The predicted molar refractivity (Wildman–Crippen MR) is 92.8 cm³/mol. The van der Waals surface area contributed by atoms with Crippen LogP contribution in [0.25, 0.3) is 6.08 Å². The highest BCUT2D eigenvalue weighted by Gasteiger charge is 2.01. The van der Waals surface area contributed by atoms with Crippen molar-refractivity contribution in [2.75, 3.05) is 12.5 Å². The number of hydrogen-bond acceptors (Lipinski definition) is 3. The number of thioether (sulfide) groups is 1. The van der Waals surface area contributed by atoms with E-state index in [2.05, 4.69) is 0 Å². The first-order chi connectivity index (χ1) is 10.2. The fraction of sp³-hybridized carbons (Fsp3) is 0.176. The highest BCUT2D eigenvalue weighted by atomic mass is 32.2. The van der Waals surface area contributed by atoms with Crippen molar-refractivity contribution in [1.29, 1.82) is 0 Å². The van der Waals surface area contributed by atoms with E-state index in [1.165, 1.54) is 11.8 Å². The van der Waals surface area contributed by atoms with Crippen molar-refractivity contribution in [1.82, 2.24) is 0 Å². The zero-order valence-corrected chi connectivity index (χ0v) is 13.7. The van der Waals surface area contributed by atoms with Gasteiger partial charge < -0.3 is 4.74 Å². The van der Waals surface area contributed by atoms with E-state index < -0.39 is 10.8 Å². The fourth-order valence-electron chi connectivity index (χ4n) is 1.80. The molecule has 0 aromatic heterocycles. The Bertz CT molecular complexity index is 619. The molecule has 0 amide bonds. The third kappa shape index (κ3) is 5.06. The Morgan fingerprint density at radius 3 is 2.38 bits per heavy atom. The highest BCUT2D eigenvalue weighted by molar-refractivity contribution is 8.16. The van der Waals surface area contributed by atoms with E-state index in [0.29, 0.717) is 6.61 Å². The summed E-state index contributed by atoms with van der Waals surface area (Å²) in [6, 6.07) is 17.9. The molecule has 1 unspecified atom stereocenters. The van der Waals surface area contributed by atoms with Gasteiger partial charge in [0.25, 0.3) is 0 Å². The minimum Gasteiger partial charge on any atom is -0.489 e. The first kappa shape index (κ1) is 15.9. The molecule has 0 bridgehead atoms. The van der Waals surface area contributed by atoms with Crippen LogP contribution in [0.5, 0.6) is 5.75 Å². The van der Waals surface area contributed by atoms with Crippen LogP contribution in [-0.4, -0.2) is 16.7 Å². The summed E-state index contributed by atoms with van der Waals surface area (Å²) in [6.07, 6.45) is 5.58. The van der Waals surface area contributed by atoms with Crippen molar-refractivity contribution in [3.63, 3.8) is 0 Å². The van der Waals surface area contributed by atoms with E-state index in [-0.39, 0.29) is 0 Å². The van der Waals surface area contributed by atoms with E-state index in [0.717, 1.165) is 21.1 Å². The Balaban J connectivity index is 2.00. The van der Waals surface area contributed by atoms with Crippen molar-refractivity contribution in [3.8, 4) is 5.75 Å². The van der Waals surface area contributed by atoms with Gasteiger partial charge in [-0.1, -0.05) is 42.5 Å². The maximum atomic E-state index is 11.5. The minimum atomic E-state index is -0.945. The molecule has 21 heavy (non-hydrogen) atoms. The molecule has 110 valence electrons. The summed E-state index contributed by atoms with van der Waals surface area (Å²) >= 11 is 1.51. The van der Waals surface area contributed by atoms with Gasteiger partial charge in [-0.3, -0.25) is 4.21 Å². The Morgan fingerprint density at radius 2 is 1.81 bits per heavy atom. The first-order valence-corrected chi connectivity index (χ1v) is 9.33. The van der Waals surface area contributed by atoms with E-state index in [9.17, 15) is 4.21 Å². The summed E-state index contributed by atoms with van der Waals surface area (Å²) in [5.74, 6) is 0.833. The van der Waals surface area contributed by atoms with Crippen LogP contribution in [-0.2, 0) is 17.4 Å². The molecule has 1 atom stereocenters. The Labute approximate surface area is 132 Å². The highest BCUT2D eigenvalue weighted by Crippen LogP contribution is 2.21. The minimum absolute atomic E-state index is 0.561. The van der Waals surface area contributed by atoms with Crippen LogP contribution in [0.15, 0.2) is 58.8 Å². The smallest absolute Gasteiger partial charge is 0.119 e. The second-order valence-corrected chi connectivity index (χ2v) is 6.92. The monoisotopic (exact) mass is 318 g/mol. The molecule has 0 heterocycles. The summed E-state index contributed by atoms with van der Waals surface area (Å²) < 4.78 is 18.1. The van der Waals surface area contributed by atoms with Gasteiger partial charge in [-0.25, -0.2) is 0 Å². The first-order valence-electron chi connectivity index (χ1n) is 6.55. The fourth-order valence-corrected chi connectivity index (χ4v) is 3.29. The van der Waals surface area contributed by atoms with Gasteiger partial charge in [-0.05, 0) is 35.6 Å². The third-order valence-corrected chi connectivity index (χ3v) is 5.31. The van der Waals surface area contributed by atoms with Gasteiger partial charge in [0.1, 0.15) is 12.4 Å². The molecule has 0 aliphatic carbocycles. The van der Waals surface area contributed by atoms with Gasteiger partial charge >= 0.3 is 0 Å². The standard InChI is InChI=1S/C17H18O2S2/c1-20-17(21(2)18)12-14-8-10-16(11-9-14)19-13-15-6-4-3-5-7-15/h3-12H,13H2,1-2H3/b17-12+. The Morgan fingerprint density at radius 1 is 1.14 bits per heavy atom. The lowest BCUT2D eigenvalue weighted by Gasteiger charge is -2.07. The van der Waals surface area contributed by atoms with Gasteiger partial charge in [0.15, 0.2) is 0 Å². The molecule has 4 heteroatoms. The largest absolute Gasteiger partial charge is 0.489 e. The number of hydrogen-bond donors (Lipinski definition) is 0. The van der Waals surface area contributed by atoms with Gasteiger partial charge in [0.05, 0.1) is 15.0 Å². The molecule has 0 spiro atoms. The molecule has 0 aliphatic rings. The van der Waals surface area contributed by atoms with Gasteiger partial charge in [-0.15, -0.1) is 11.8 Å². The molecule has 0 aliphatic heterocycles. The van der Waals surface area contributed by atoms with E-state index in [1.807, 2.05) is 66.9 Å². The topological polar surface area (TPSA) is 26.3 Å². The molecule has 0 saturated heterocycles. The molecular weight excluding hydrogens is 300 g/mol. The van der Waals surface area contributed by atoms with E-state index in [4.69, 9.17) is 4.74 Å². The average Bonchev–Trinajstić information content (AvgIpc) is 2.52. The summed E-state index contributed by atoms with van der Waals surface area (Å²) in [5, 5.41) is 0. The van der Waals surface area contributed by atoms with Crippen molar-refractivity contribution < 1.29 is 8.95 Å². The molecule has 0 saturated carbocycles. The van der Waals surface area contributed by atoms with Crippen LogP contribution in [0.2, 0.25) is 0 Å². The zero-order valence-electron chi connectivity index (χ0n) is 12.1. The second-order valence-electron chi connectivity index (χ2n) is 4.46. The van der Waals surface area contributed by atoms with Crippen LogP contribution in [0.1, 0.15) is 11.1 Å². The molecule has 0 fully saturated rings. The van der Waals surface area contributed by atoms with Crippen molar-refractivity contribution in [2.24, 2.45) is 0 Å². The predicted octanol–water partition coefficient (Wildman–Crippen LogP) is 4.31. The SMILES string of the molecule is CS/C(=C\c1ccc(OCc2ccccc2)cc1)S(C)=O. The normalized spacial score (nSPS) is 13.0. The molecular formula is C17H18O2S2. The summed E-state index contributed by atoms with van der Waals surface area (Å²) in [6.45, 7) is 0.561. The Hall–Kier alpha value is -1.52. The number of rotatable bonds is 6. The molecule has 0 N–H and O–H groups in total. The molecule has 2 aromatic carbocycles. The summed E-state index contributed by atoms with van der Waals surface area (Å²) in [4.78, 5) is 0. The van der Waals surface area contributed by atoms with E-state index >= 15 is 0 Å². The lowest BCUT2D eigenvalue weighted by molar-refractivity contribution is 0.306. The van der Waals surface area contributed by atoms with Crippen LogP contribution >= 0.6 is 11.8 Å². The molecule has 2 aromatic rings. The van der Waals surface area contributed by atoms with Crippen LogP contribution in [0, 0.1) is 0 Å². The van der Waals surface area contributed by atoms with Crippen molar-refractivity contribution >= 4 is 28.6 Å². The third-order valence-electron chi connectivity index (χ3n) is 2.90. The van der Waals surface area contributed by atoms with Crippen LogP contribution < -0.4 is 4.74 Å². The molecule has 2 nitrogen and oxygen atoms in total. The van der Waals surface area contributed by atoms with Crippen molar-refractivity contribution in [3.05, 3.63) is 70.0 Å². The quantitative estimate of drug-likeness (QED) is 0.794. The van der Waals surface area contributed by atoms with Crippen molar-refractivity contribution in [2.45, 2.75) is 6.61 Å². The number of ether oxygens (including phenoxy) is 1. The lowest BCUT2D eigenvalue weighted by Crippen LogP contribution is -1.94. The van der Waals surface area contributed by atoms with Gasteiger partial charge in [0.2, 0.25) is 0 Å². The zero-order chi connectivity index (χ0) is 15.1. The lowest BCUT2D eigenvalue weighted by atomic mass is 10.2. The number of benzene rings is 2.